The molecule has 114 valence electrons. The van der Waals surface area contributed by atoms with Crippen molar-refractivity contribution in [3.05, 3.63) is 60.2 Å². The molecule has 0 saturated heterocycles. The monoisotopic (exact) mass is 321 g/mol. The summed E-state index contributed by atoms with van der Waals surface area (Å²) in [5.41, 5.74) is 0.951. The maximum absolute atomic E-state index is 4.72. The molecule has 3 heterocycles. The number of anilines is 1. The molecule has 1 N–H and O–H groups in total. The van der Waals surface area contributed by atoms with E-state index in [4.69, 9.17) is 4.98 Å². The molecule has 0 atom stereocenters. The molecule has 0 spiro atoms. The zero-order chi connectivity index (χ0) is 15.5. The number of para-hydroxylation sites is 1. The number of aromatic nitrogens is 4. The second-order valence-electron chi connectivity index (χ2n) is 5.09. The van der Waals surface area contributed by atoms with Crippen molar-refractivity contribution in [3.8, 4) is 10.7 Å². The van der Waals surface area contributed by atoms with E-state index in [1.165, 1.54) is 0 Å². The molecule has 23 heavy (non-hydrogen) atoms. The van der Waals surface area contributed by atoms with E-state index in [2.05, 4.69) is 15.4 Å². The molecule has 0 bridgehead atoms. The number of nitrogens with zero attached hydrogens (tertiary/aromatic N) is 4. The zero-order valence-electron chi connectivity index (χ0n) is 12.4. The normalized spacial score (nSPS) is 11.0. The van der Waals surface area contributed by atoms with Crippen molar-refractivity contribution in [3.63, 3.8) is 0 Å². The summed E-state index contributed by atoms with van der Waals surface area (Å²) in [7, 11) is 0. The SMILES string of the molecule is c1csc(-c2nc(NCCn3cccn3)c3ccccc3n2)c1. The van der Waals surface area contributed by atoms with Gasteiger partial charge in [0.05, 0.1) is 16.9 Å². The Hall–Kier alpha value is -2.73. The topological polar surface area (TPSA) is 55.6 Å². The summed E-state index contributed by atoms with van der Waals surface area (Å²) in [4.78, 5) is 10.5. The van der Waals surface area contributed by atoms with Crippen molar-refractivity contribution in [1.29, 1.82) is 0 Å². The van der Waals surface area contributed by atoms with Crippen LogP contribution in [-0.4, -0.2) is 26.3 Å². The third-order valence-electron chi connectivity index (χ3n) is 3.54. The lowest BCUT2D eigenvalue weighted by Gasteiger charge is -2.10. The zero-order valence-corrected chi connectivity index (χ0v) is 13.2. The molecule has 0 amide bonds. The maximum Gasteiger partial charge on any atom is 0.172 e. The van der Waals surface area contributed by atoms with Gasteiger partial charge in [-0.25, -0.2) is 9.97 Å². The van der Waals surface area contributed by atoms with Crippen LogP contribution in [0, 0.1) is 0 Å². The van der Waals surface area contributed by atoms with Gasteiger partial charge in [0.1, 0.15) is 5.82 Å². The van der Waals surface area contributed by atoms with Gasteiger partial charge in [-0.3, -0.25) is 4.68 Å². The lowest BCUT2D eigenvalue weighted by Crippen LogP contribution is -2.12. The quantitative estimate of drug-likeness (QED) is 0.609. The van der Waals surface area contributed by atoms with Gasteiger partial charge in [0.25, 0.3) is 0 Å². The summed E-state index contributed by atoms with van der Waals surface area (Å²) >= 11 is 1.65. The van der Waals surface area contributed by atoms with Gasteiger partial charge >= 0.3 is 0 Å². The highest BCUT2D eigenvalue weighted by molar-refractivity contribution is 7.13. The van der Waals surface area contributed by atoms with Crippen LogP contribution in [0.5, 0.6) is 0 Å². The lowest BCUT2D eigenvalue weighted by molar-refractivity contribution is 0.637. The molecule has 4 rings (SSSR count). The predicted octanol–water partition coefficient (Wildman–Crippen LogP) is 3.67. The van der Waals surface area contributed by atoms with Crippen LogP contribution in [0.4, 0.5) is 5.82 Å². The Balaban J connectivity index is 1.66. The molecule has 0 unspecified atom stereocenters. The van der Waals surface area contributed by atoms with Crippen LogP contribution in [0.15, 0.2) is 60.2 Å². The highest BCUT2D eigenvalue weighted by Crippen LogP contribution is 2.27. The first-order valence-electron chi connectivity index (χ1n) is 7.42. The van der Waals surface area contributed by atoms with Crippen LogP contribution in [0.25, 0.3) is 21.6 Å². The van der Waals surface area contributed by atoms with Crippen molar-refractivity contribution < 1.29 is 0 Å². The first-order chi connectivity index (χ1) is 11.4. The summed E-state index contributed by atoms with van der Waals surface area (Å²) in [6.45, 7) is 1.55. The molecule has 6 heteroatoms. The Labute approximate surface area is 137 Å². The molecule has 0 radical (unpaired) electrons. The number of hydrogen-bond donors (Lipinski definition) is 1. The molecule has 0 aliphatic rings. The van der Waals surface area contributed by atoms with Gasteiger partial charge in [-0.2, -0.15) is 5.10 Å². The van der Waals surface area contributed by atoms with Gasteiger partial charge in [0.2, 0.25) is 0 Å². The predicted molar refractivity (Wildman–Crippen MR) is 93.6 cm³/mol. The Morgan fingerprint density at radius 3 is 2.83 bits per heavy atom. The van der Waals surface area contributed by atoms with E-state index in [-0.39, 0.29) is 0 Å². The average molecular weight is 321 g/mol. The standard InChI is InChI=1S/C17H15N5S/c1-2-6-14-13(5-1)16(18-9-11-22-10-4-8-19-22)21-17(20-14)15-7-3-12-23-15/h1-8,10,12H,9,11H2,(H,18,20,21). The van der Waals surface area contributed by atoms with E-state index in [1.807, 2.05) is 58.7 Å². The van der Waals surface area contributed by atoms with Crippen molar-refractivity contribution >= 4 is 28.1 Å². The summed E-state index contributed by atoms with van der Waals surface area (Å²) in [5.74, 6) is 1.63. The molecule has 0 aliphatic carbocycles. The van der Waals surface area contributed by atoms with Crippen LogP contribution in [0.1, 0.15) is 0 Å². The molecular formula is C17H15N5S. The summed E-state index contributed by atoms with van der Waals surface area (Å²) in [6.07, 6.45) is 3.74. The number of fused-ring (bicyclic) bond motifs is 1. The maximum atomic E-state index is 4.72. The van der Waals surface area contributed by atoms with Crippen molar-refractivity contribution in [2.75, 3.05) is 11.9 Å². The molecule has 4 aromatic rings. The first kappa shape index (κ1) is 13.9. The van der Waals surface area contributed by atoms with Crippen LogP contribution >= 0.6 is 11.3 Å². The highest BCUT2D eigenvalue weighted by atomic mass is 32.1. The second kappa shape index (κ2) is 6.18. The third kappa shape index (κ3) is 2.93. The number of hydrogen-bond acceptors (Lipinski definition) is 5. The van der Waals surface area contributed by atoms with Crippen LogP contribution in [0.3, 0.4) is 0 Å². The molecule has 3 aromatic heterocycles. The van der Waals surface area contributed by atoms with E-state index in [9.17, 15) is 0 Å². The van der Waals surface area contributed by atoms with Gasteiger partial charge in [0, 0.05) is 24.3 Å². The van der Waals surface area contributed by atoms with Gasteiger partial charge in [0.15, 0.2) is 5.82 Å². The Kier molecular flexibility index (Phi) is 3.73. The van der Waals surface area contributed by atoms with E-state index in [0.717, 1.165) is 40.5 Å². The Morgan fingerprint density at radius 2 is 2.00 bits per heavy atom. The van der Waals surface area contributed by atoms with Crippen molar-refractivity contribution in [1.82, 2.24) is 19.7 Å². The van der Waals surface area contributed by atoms with E-state index < -0.39 is 0 Å². The van der Waals surface area contributed by atoms with E-state index >= 15 is 0 Å². The fraction of sp³-hybridized carbons (Fsp3) is 0.118. The molecule has 0 saturated carbocycles. The molecule has 1 aromatic carbocycles. The van der Waals surface area contributed by atoms with E-state index in [1.54, 1.807) is 17.5 Å². The van der Waals surface area contributed by atoms with Crippen LogP contribution in [0.2, 0.25) is 0 Å². The Morgan fingerprint density at radius 1 is 1.04 bits per heavy atom. The fourth-order valence-electron chi connectivity index (χ4n) is 2.45. The summed E-state index contributed by atoms with van der Waals surface area (Å²) in [5, 5.41) is 10.7. The second-order valence-corrected chi connectivity index (χ2v) is 6.03. The molecule has 5 nitrogen and oxygen atoms in total. The average Bonchev–Trinajstić information content (AvgIpc) is 3.28. The van der Waals surface area contributed by atoms with E-state index in [0.29, 0.717) is 0 Å². The minimum absolute atomic E-state index is 0.757. The summed E-state index contributed by atoms with van der Waals surface area (Å²) in [6, 6.07) is 14.1. The minimum atomic E-state index is 0.757. The highest BCUT2D eigenvalue weighted by Gasteiger charge is 2.09. The van der Waals surface area contributed by atoms with Gasteiger partial charge in [-0.15, -0.1) is 11.3 Å². The smallest absolute Gasteiger partial charge is 0.172 e. The van der Waals surface area contributed by atoms with Gasteiger partial charge in [-0.1, -0.05) is 18.2 Å². The van der Waals surface area contributed by atoms with Crippen molar-refractivity contribution in [2.24, 2.45) is 0 Å². The lowest BCUT2D eigenvalue weighted by atomic mass is 10.2. The van der Waals surface area contributed by atoms with Crippen LogP contribution < -0.4 is 5.32 Å². The number of rotatable bonds is 5. The molecular weight excluding hydrogens is 306 g/mol. The molecule has 0 aliphatic heterocycles. The number of thiophene rings is 1. The van der Waals surface area contributed by atoms with Crippen molar-refractivity contribution in [2.45, 2.75) is 6.54 Å². The van der Waals surface area contributed by atoms with Gasteiger partial charge < -0.3 is 5.32 Å². The molecule has 0 fully saturated rings. The largest absolute Gasteiger partial charge is 0.368 e. The number of benzene rings is 1. The first-order valence-corrected chi connectivity index (χ1v) is 8.30. The third-order valence-corrected chi connectivity index (χ3v) is 4.40. The summed E-state index contributed by atoms with van der Waals surface area (Å²) < 4.78 is 1.90. The number of nitrogens with one attached hydrogen (secondary N) is 1. The van der Waals surface area contributed by atoms with Crippen LogP contribution in [-0.2, 0) is 6.54 Å². The minimum Gasteiger partial charge on any atom is -0.368 e. The Bertz CT molecular complexity index is 900. The van der Waals surface area contributed by atoms with Gasteiger partial charge in [-0.05, 0) is 29.6 Å². The fourth-order valence-corrected chi connectivity index (χ4v) is 3.11.